The molecule has 3 rings (SSSR count). The molecule has 30 heavy (non-hydrogen) atoms. The number of piperidine rings is 1. The first-order valence-electron chi connectivity index (χ1n) is 10.5. The van der Waals surface area contributed by atoms with Crippen molar-refractivity contribution >= 4 is 27.0 Å². The van der Waals surface area contributed by atoms with Crippen LogP contribution in [0.25, 0.3) is 11.1 Å². The number of nitrogens with zero attached hydrogens (tertiary/aromatic N) is 3. The minimum atomic E-state index is -3.68. The van der Waals surface area contributed by atoms with Gasteiger partial charge in [0.15, 0.2) is 5.58 Å². The molecule has 0 bridgehead atoms. The van der Waals surface area contributed by atoms with Crippen molar-refractivity contribution in [2.75, 3.05) is 26.7 Å². The minimum Gasteiger partial charge on any atom is -0.408 e. The lowest BCUT2D eigenvalue weighted by Crippen LogP contribution is -2.42. The molecule has 1 aliphatic rings. The second kappa shape index (κ2) is 8.93. The lowest BCUT2D eigenvalue weighted by atomic mass is 9.94. The quantitative estimate of drug-likeness (QED) is 0.664. The molecule has 0 aliphatic carbocycles. The van der Waals surface area contributed by atoms with Crippen LogP contribution in [-0.4, -0.2) is 54.8 Å². The van der Waals surface area contributed by atoms with E-state index in [2.05, 4.69) is 13.8 Å². The maximum Gasteiger partial charge on any atom is 0.420 e. The number of rotatable bonds is 7. The topological polar surface area (TPSA) is 92.8 Å². The normalized spacial score (nSPS) is 20.5. The molecule has 1 aliphatic heterocycles. The van der Waals surface area contributed by atoms with Crippen LogP contribution in [0.5, 0.6) is 0 Å². The van der Waals surface area contributed by atoms with Gasteiger partial charge in [-0.25, -0.2) is 13.2 Å². The van der Waals surface area contributed by atoms with Crippen LogP contribution in [0.3, 0.4) is 0 Å². The van der Waals surface area contributed by atoms with E-state index < -0.39 is 15.8 Å². The summed E-state index contributed by atoms with van der Waals surface area (Å²) in [5.41, 5.74) is 0.583. The Morgan fingerprint density at radius 2 is 1.90 bits per heavy atom. The summed E-state index contributed by atoms with van der Waals surface area (Å²) in [4.78, 5) is 26.4. The fourth-order valence-corrected chi connectivity index (χ4v) is 5.78. The number of sulfonamides is 1. The zero-order valence-electron chi connectivity index (χ0n) is 18.1. The van der Waals surface area contributed by atoms with Gasteiger partial charge in [-0.2, -0.15) is 4.31 Å². The molecular weight excluding hydrogens is 406 g/mol. The highest BCUT2D eigenvalue weighted by atomic mass is 32.2. The Hall–Kier alpha value is -2.13. The van der Waals surface area contributed by atoms with Gasteiger partial charge >= 0.3 is 5.76 Å². The van der Waals surface area contributed by atoms with Crippen molar-refractivity contribution in [2.24, 2.45) is 11.8 Å². The van der Waals surface area contributed by atoms with Crippen LogP contribution in [0.2, 0.25) is 0 Å². The number of hydrogen-bond donors (Lipinski definition) is 0. The highest BCUT2D eigenvalue weighted by Gasteiger charge is 2.32. The number of amides is 1. The number of fused-ring (bicyclic) bond motifs is 1. The summed E-state index contributed by atoms with van der Waals surface area (Å²) in [5, 5.41) is 0. The van der Waals surface area contributed by atoms with E-state index in [0.29, 0.717) is 37.0 Å². The SMILES string of the molecule is CCCCN(C)C(=O)Cn1c(=O)oc2cc(S(=O)(=O)N3C[C@H](C)C[C@H](C)C3)ccc21. The summed E-state index contributed by atoms with van der Waals surface area (Å²) in [5.74, 6) is -0.276. The monoisotopic (exact) mass is 437 g/mol. The predicted molar refractivity (Wildman–Crippen MR) is 115 cm³/mol. The van der Waals surface area contributed by atoms with Gasteiger partial charge in [0.1, 0.15) is 6.54 Å². The average molecular weight is 438 g/mol. The van der Waals surface area contributed by atoms with E-state index in [-0.39, 0.29) is 22.9 Å². The Morgan fingerprint density at radius 3 is 2.53 bits per heavy atom. The van der Waals surface area contributed by atoms with Gasteiger partial charge in [-0.1, -0.05) is 27.2 Å². The van der Waals surface area contributed by atoms with Crippen LogP contribution in [0.1, 0.15) is 40.0 Å². The molecule has 0 saturated carbocycles. The second-order valence-electron chi connectivity index (χ2n) is 8.52. The third-order valence-corrected chi connectivity index (χ3v) is 7.51. The van der Waals surface area contributed by atoms with Gasteiger partial charge in [-0.15, -0.1) is 0 Å². The number of carbonyl (C=O) groups is 1. The van der Waals surface area contributed by atoms with Crippen LogP contribution in [-0.2, 0) is 21.4 Å². The lowest BCUT2D eigenvalue weighted by molar-refractivity contribution is -0.130. The summed E-state index contributed by atoms with van der Waals surface area (Å²) in [7, 11) is -1.98. The number of hydrogen-bond acceptors (Lipinski definition) is 5. The van der Waals surface area contributed by atoms with Crippen LogP contribution < -0.4 is 5.76 Å². The molecule has 166 valence electrons. The third kappa shape index (κ3) is 4.62. The average Bonchev–Trinajstić information content (AvgIpc) is 2.99. The number of aromatic nitrogens is 1. The highest BCUT2D eigenvalue weighted by molar-refractivity contribution is 7.89. The zero-order valence-corrected chi connectivity index (χ0v) is 18.9. The van der Waals surface area contributed by atoms with Crippen LogP contribution in [0.4, 0.5) is 0 Å². The third-order valence-electron chi connectivity index (χ3n) is 5.68. The first kappa shape index (κ1) is 22.6. The van der Waals surface area contributed by atoms with Crippen molar-refractivity contribution in [1.82, 2.24) is 13.8 Å². The van der Waals surface area contributed by atoms with E-state index in [1.165, 1.54) is 21.0 Å². The predicted octanol–water partition coefficient (Wildman–Crippen LogP) is 2.52. The Morgan fingerprint density at radius 1 is 1.23 bits per heavy atom. The Labute approximate surface area is 177 Å². The summed E-state index contributed by atoms with van der Waals surface area (Å²) in [6.07, 6.45) is 2.86. The molecule has 1 saturated heterocycles. The molecule has 0 unspecified atom stereocenters. The molecule has 9 heteroatoms. The first-order chi connectivity index (χ1) is 14.1. The van der Waals surface area contributed by atoms with Crippen molar-refractivity contribution in [1.29, 1.82) is 0 Å². The van der Waals surface area contributed by atoms with Crippen LogP contribution in [0.15, 0.2) is 32.3 Å². The van der Waals surface area contributed by atoms with E-state index in [4.69, 9.17) is 4.42 Å². The second-order valence-corrected chi connectivity index (χ2v) is 10.5. The highest BCUT2D eigenvalue weighted by Crippen LogP contribution is 2.28. The lowest BCUT2D eigenvalue weighted by Gasteiger charge is -2.34. The van der Waals surface area contributed by atoms with E-state index in [1.807, 2.05) is 6.92 Å². The molecular formula is C21H31N3O5S. The molecule has 1 fully saturated rings. The molecule has 2 atom stereocenters. The van der Waals surface area contributed by atoms with Crippen molar-refractivity contribution in [3.05, 3.63) is 28.7 Å². The van der Waals surface area contributed by atoms with E-state index in [0.717, 1.165) is 19.3 Å². The van der Waals surface area contributed by atoms with Gasteiger partial charge in [0.2, 0.25) is 15.9 Å². The van der Waals surface area contributed by atoms with Crippen LogP contribution in [0, 0.1) is 11.8 Å². The van der Waals surface area contributed by atoms with E-state index in [9.17, 15) is 18.0 Å². The fraction of sp³-hybridized carbons (Fsp3) is 0.619. The standard InChI is InChI=1S/C21H31N3O5S/c1-5-6-9-22(4)20(25)14-24-18-8-7-17(11-19(18)29-21(24)26)30(27,28)23-12-15(2)10-16(3)13-23/h7-8,11,15-16H,5-6,9-10,12-14H2,1-4H3/t15-,16+. The molecule has 1 aromatic carbocycles. The molecule has 1 aromatic heterocycles. The van der Waals surface area contributed by atoms with Gasteiger partial charge in [0.05, 0.1) is 10.4 Å². The van der Waals surface area contributed by atoms with Crippen molar-refractivity contribution in [2.45, 2.75) is 51.5 Å². The molecule has 2 aromatic rings. The fourth-order valence-electron chi connectivity index (χ4n) is 4.08. The van der Waals surface area contributed by atoms with Gasteiger partial charge in [0.25, 0.3) is 0 Å². The van der Waals surface area contributed by atoms with E-state index in [1.54, 1.807) is 18.0 Å². The number of oxazole rings is 1. The van der Waals surface area contributed by atoms with Gasteiger partial charge in [0, 0.05) is 32.7 Å². The Bertz CT molecular complexity index is 1060. The van der Waals surface area contributed by atoms with Gasteiger partial charge in [-0.3, -0.25) is 9.36 Å². The van der Waals surface area contributed by atoms with Crippen molar-refractivity contribution in [3.63, 3.8) is 0 Å². The Kier molecular flexibility index (Phi) is 6.71. The number of carbonyl (C=O) groups excluding carboxylic acids is 1. The summed E-state index contributed by atoms with van der Waals surface area (Å²) < 4.78 is 34.3. The zero-order chi connectivity index (χ0) is 22.1. The van der Waals surface area contributed by atoms with E-state index >= 15 is 0 Å². The number of unbranched alkanes of at least 4 members (excludes halogenated alkanes) is 1. The van der Waals surface area contributed by atoms with Gasteiger partial charge in [-0.05, 0) is 36.8 Å². The molecule has 0 radical (unpaired) electrons. The molecule has 0 N–H and O–H groups in total. The summed E-state index contributed by atoms with van der Waals surface area (Å²) >= 11 is 0. The van der Waals surface area contributed by atoms with Crippen LogP contribution >= 0.6 is 0 Å². The first-order valence-corrected chi connectivity index (χ1v) is 11.9. The molecule has 8 nitrogen and oxygen atoms in total. The molecule has 2 heterocycles. The van der Waals surface area contributed by atoms with Crippen molar-refractivity contribution < 1.29 is 17.6 Å². The summed E-state index contributed by atoms with van der Waals surface area (Å²) in [6, 6.07) is 4.42. The maximum absolute atomic E-state index is 13.1. The number of benzene rings is 1. The maximum atomic E-state index is 13.1. The summed E-state index contributed by atoms with van der Waals surface area (Å²) in [6.45, 7) is 7.59. The minimum absolute atomic E-state index is 0.101. The van der Waals surface area contributed by atoms with Crippen molar-refractivity contribution in [3.8, 4) is 0 Å². The smallest absolute Gasteiger partial charge is 0.408 e. The number of likely N-dealkylation sites (N-methyl/N-ethyl adjacent to an activating group) is 1. The Balaban J connectivity index is 1.88. The largest absolute Gasteiger partial charge is 0.420 e. The molecule has 1 amide bonds. The van der Waals surface area contributed by atoms with Gasteiger partial charge < -0.3 is 9.32 Å². The molecule has 0 spiro atoms.